The highest BCUT2D eigenvalue weighted by atomic mass is 32.2. The minimum Gasteiger partial charge on any atom is -0.283 e. The maximum absolute atomic E-state index is 13.2. The second-order valence-electron chi connectivity index (χ2n) is 4.59. The van der Waals surface area contributed by atoms with Crippen LogP contribution in [0.4, 0.5) is 10.1 Å². The third-order valence-electron chi connectivity index (χ3n) is 2.95. The van der Waals surface area contributed by atoms with Gasteiger partial charge < -0.3 is 0 Å². The molecule has 108 valence electrons. The second kappa shape index (κ2) is 5.94. The molecular weight excluding hydrogens is 291 g/mol. The number of nitrogens with one attached hydrogen (secondary N) is 1. The van der Waals surface area contributed by atoms with Crippen molar-refractivity contribution in [1.82, 2.24) is 0 Å². The molecule has 4 nitrogen and oxygen atoms in total. The van der Waals surface area contributed by atoms with Crippen molar-refractivity contribution in [2.45, 2.75) is 12.7 Å². The van der Waals surface area contributed by atoms with Gasteiger partial charge in [0.1, 0.15) is 5.82 Å². The molecule has 6 heteroatoms. The Labute approximate surface area is 122 Å². The molecule has 21 heavy (non-hydrogen) atoms. The van der Waals surface area contributed by atoms with Crippen LogP contribution >= 0.6 is 0 Å². The zero-order valence-corrected chi connectivity index (χ0v) is 12.1. The minimum absolute atomic E-state index is 0.199. The van der Waals surface area contributed by atoms with Crippen LogP contribution in [0.2, 0.25) is 0 Å². The van der Waals surface area contributed by atoms with Crippen LogP contribution in [0.5, 0.6) is 0 Å². The quantitative estimate of drug-likeness (QED) is 0.944. The lowest BCUT2D eigenvalue weighted by atomic mass is 10.1. The number of hydrogen-bond donors (Lipinski definition) is 1. The number of aryl methyl sites for hydroxylation is 1. The van der Waals surface area contributed by atoms with Gasteiger partial charge in [-0.2, -0.15) is 5.26 Å². The summed E-state index contributed by atoms with van der Waals surface area (Å²) in [7, 11) is -3.73. The van der Waals surface area contributed by atoms with Crippen LogP contribution < -0.4 is 4.72 Å². The van der Waals surface area contributed by atoms with Crippen molar-refractivity contribution in [1.29, 1.82) is 5.26 Å². The average Bonchev–Trinajstić information content (AvgIpc) is 2.43. The monoisotopic (exact) mass is 304 g/mol. The van der Waals surface area contributed by atoms with Gasteiger partial charge in [0, 0.05) is 0 Å². The minimum atomic E-state index is -3.73. The first-order valence-electron chi connectivity index (χ1n) is 6.16. The Bertz CT molecular complexity index is 811. The van der Waals surface area contributed by atoms with Gasteiger partial charge in [0.05, 0.1) is 23.1 Å². The average molecular weight is 304 g/mol. The van der Waals surface area contributed by atoms with E-state index in [2.05, 4.69) is 4.72 Å². The summed E-state index contributed by atoms with van der Waals surface area (Å²) in [6.07, 6.45) is 0. The van der Waals surface area contributed by atoms with Gasteiger partial charge in [-0.25, -0.2) is 12.8 Å². The molecule has 1 N–H and O–H groups in total. The van der Waals surface area contributed by atoms with E-state index in [4.69, 9.17) is 5.26 Å². The summed E-state index contributed by atoms with van der Waals surface area (Å²) in [4.78, 5) is 0. The summed E-state index contributed by atoms with van der Waals surface area (Å²) < 4.78 is 39.9. The SMILES string of the molecule is Cc1ccc(F)cc1NS(=O)(=O)Cc1ccccc1C#N. The Balaban J connectivity index is 2.27. The van der Waals surface area contributed by atoms with Crippen molar-refractivity contribution in [3.05, 3.63) is 65.0 Å². The van der Waals surface area contributed by atoms with Crippen molar-refractivity contribution in [3.8, 4) is 6.07 Å². The van der Waals surface area contributed by atoms with Crippen LogP contribution in [0, 0.1) is 24.1 Å². The smallest absolute Gasteiger partial charge is 0.236 e. The zero-order chi connectivity index (χ0) is 15.5. The van der Waals surface area contributed by atoms with Crippen LogP contribution in [-0.4, -0.2) is 8.42 Å². The van der Waals surface area contributed by atoms with E-state index >= 15 is 0 Å². The summed E-state index contributed by atoms with van der Waals surface area (Å²) in [6.45, 7) is 1.68. The van der Waals surface area contributed by atoms with E-state index in [-0.39, 0.29) is 11.4 Å². The number of hydrogen-bond acceptors (Lipinski definition) is 3. The number of sulfonamides is 1. The van der Waals surface area contributed by atoms with E-state index in [1.165, 1.54) is 12.1 Å². The van der Waals surface area contributed by atoms with E-state index < -0.39 is 15.8 Å². The number of rotatable bonds is 4. The molecule has 0 fully saturated rings. The standard InChI is InChI=1S/C15H13FN2O2S/c1-11-6-7-14(16)8-15(11)18-21(19,20)10-13-5-3-2-4-12(13)9-17/h2-8,18H,10H2,1H3. The summed E-state index contributed by atoms with van der Waals surface area (Å²) in [5.41, 5.74) is 1.53. The predicted molar refractivity (Wildman–Crippen MR) is 78.5 cm³/mol. The number of anilines is 1. The number of halogens is 1. The fourth-order valence-electron chi connectivity index (χ4n) is 1.87. The van der Waals surface area contributed by atoms with Gasteiger partial charge in [-0.05, 0) is 36.2 Å². The van der Waals surface area contributed by atoms with Crippen molar-refractivity contribution in [2.75, 3.05) is 4.72 Å². The van der Waals surface area contributed by atoms with E-state index in [0.717, 1.165) is 6.07 Å². The normalized spacial score (nSPS) is 10.9. The Morgan fingerprint density at radius 1 is 1.24 bits per heavy atom. The summed E-state index contributed by atoms with van der Waals surface area (Å²) in [5, 5.41) is 8.97. The van der Waals surface area contributed by atoms with Gasteiger partial charge >= 0.3 is 0 Å². The molecule has 0 bridgehead atoms. The number of nitriles is 1. The molecule has 2 rings (SSSR count). The van der Waals surface area contributed by atoms with E-state index in [9.17, 15) is 12.8 Å². The van der Waals surface area contributed by atoms with Gasteiger partial charge in [0.15, 0.2) is 0 Å². The lowest BCUT2D eigenvalue weighted by Gasteiger charge is -2.11. The zero-order valence-electron chi connectivity index (χ0n) is 11.3. The van der Waals surface area contributed by atoms with Crippen molar-refractivity contribution >= 4 is 15.7 Å². The van der Waals surface area contributed by atoms with E-state index in [1.54, 1.807) is 31.2 Å². The number of benzene rings is 2. The molecule has 0 aliphatic rings. The fourth-order valence-corrected chi connectivity index (χ4v) is 3.16. The summed E-state index contributed by atoms with van der Waals surface area (Å²) in [6, 6.07) is 12.3. The first-order chi connectivity index (χ1) is 9.91. The Kier molecular flexibility index (Phi) is 4.24. The maximum atomic E-state index is 13.2. The molecule has 0 amide bonds. The van der Waals surface area contributed by atoms with Gasteiger partial charge in [0.2, 0.25) is 10.0 Å². The molecule has 2 aromatic rings. The predicted octanol–water partition coefficient (Wildman–Crippen LogP) is 2.95. The van der Waals surface area contributed by atoms with Gasteiger partial charge in [0.25, 0.3) is 0 Å². The molecule has 2 aromatic carbocycles. The molecule has 0 aliphatic heterocycles. The third kappa shape index (κ3) is 3.80. The molecule has 0 aliphatic carbocycles. The molecule has 0 aromatic heterocycles. The van der Waals surface area contributed by atoms with Crippen molar-refractivity contribution in [3.63, 3.8) is 0 Å². The Hall–Kier alpha value is -2.39. The molecule has 0 spiro atoms. The van der Waals surface area contributed by atoms with Gasteiger partial charge in [-0.15, -0.1) is 0 Å². The van der Waals surface area contributed by atoms with Crippen molar-refractivity contribution in [2.24, 2.45) is 0 Å². The van der Waals surface area contributed by atoms with Crippen LogP contribution in [0.25, 0.3) is 0 Å². The topological polar surface area (TPSA) is 70.0 Å². The maximum Gasteiger partial charge on any atom is 0.236 e. The molecule has 0 radical (unpaired) electrons. The molecule has 0 saturated heterocycles. The van der Waals surface area contributed by atoms with Crippen LogP contribution in [0.1, 0.15) is 16.7 Å². The van der Waals surface area contributed by atoms with E-state index in [0.29, 0.717) is 16.7 Å². The number of nitrogens with zero attached hydrogens (tertiary/aromatic N) is 1. The van der Waals surface area contributed by atoms with E-state index in [1.807, 2.05) is 6.07 Å². The Morgan fingerprint density at radius 2 is 1.95 bits per heavy atom. The third-order valence-corrected chi connectivity index (χ3v) is 4.17. The van der Waals surface area contributed by atoms with Gasteiger partial charge in [-0.1, -0.05) is 24.3 Å². The second-order valence-corrected chi connectivity index (χ2v) is 6.31. The molecular formula is C15H13FN2O2S. The first kappa shape index (κ1) is 15.0. The van der Waals surface area contributed by atoms with Gasteiger partial charge in [-0.3, -0.25) is 4.72 Å². The van der Waals surface area contributed by atoms with Crippen LogP contribution in [0.15, 0.2) is 42.5 Å². The molecule has 0 saturated carbocycles. The largest absolute Gasteiger partial charge is 0.283 e. The molecule has 0 heterocycles. The van der Waals surface area contributed by atoms with Crippen molar-refractivity contribution < 1.29 is 12.8 Å². The van der Waals surface area contributed by atoms with Crippen LogP contribution in [0.3, 0.4) is 0 Å². The Morgan fingerprint density at radius 3 is 2.67 bits per heavy atom. The molecule has 0 unspecified atom stereocenters. The lowest BCUT2D eigenvalue weighted by Crippen LogP contribution is -2.16. The summed E-state index contributed by atoms with van der Waals surface area (Å²) in [5.74, 6) is -0.858. The van der Waals surface area contributed by atoms with Crippen LogP contribution in [-0.2, 0) is 15.8 Å². The first-order valence-corrected chi connectivity index (χ1v) is 7.81. The highest BCUT2D eigenvalue weighted by Gasteiger charge is 2.15. The highest BCUT2D eigenvalue weighted by Crippen LogP contribution is 2.19. The fraction of sp³-hybridized carbons (Fsp3) is 0.133. The summed E-state index contributed by atoms with van der Waals surface area (Å²) >= 11 is 0. The molecule has 0 atom stereocenters. The highest BCUT2D eigenvalue weighted by molar-refractivity contribution is 7.91. The lowest BCUT2D eigenvalue weighted by molar-refractivity contribution is 0.600.